The molecule has 0 N–H and O–H groups in total. The molecule has 0 bridgehead atoms. The second-order valence-corrected chi connectivity index (χ2v) is 4.29. The predicted molar refractivity (Wildman–Crippen MR) is 45.2 cm³/mol. The van der Waals surface area contributed by atoms with Gasteiger partial charge in [0.05, 0.1) is 0 Å². The highest BCUT2D eigenvalue weighted by molar-refractivity contribution is 5.73. The van der Waals surface area contributed by atoms with Gasteiger partial charge in [0.2, 0.25) is 5.91 Å². The summed E-state index contributed by atoms with van der Waals surface area (Å²) in [6.45, 7) is 10.2. The maximum atomic E-state index is 11.0. The molecule has 1 aliphatic rings. The van der Waals surface area contributed by atoms with E-state index in [-0.39, 0.29) is 5.91 Å². The molecule has 11 heavy (non-hydrogen) atoms. The van der Waals surface area contributed by atoms with Crippen LogP contribution in [0, 0.1) is 11.3 Å². The maximum Gasteiger partial charge on any atom is 0.219 e. The van der Waals surface area contributed by atoms with Gasteiger partial charge in [-0.3, -0.25) is 4.79 Å². The summed E-state index contributed by atoms with van der Waals surface area (Å²) in [6, 6.07) is 0. The van der Waals surface area contributed by atoms with Crippen LogP contribution in [0.5, 0.6) is 0 Å². The Balaban J connectivity index is 2.64. The molecule has 0 saturated carbocycles. The zero-order valence-corrected chi connectivity index (χ0v) is 7.85. The summed E-state index contributed by atoms with van der Waals surface area (Å²) in [6.07, 6.45) is 0. The molecular weight excluding hydrogens is 138 g/mol. The van der Waals surface area contributed by atoms with E-state index in [1.165, 1.54) is 0 Å². The number of carbonyl (C=O) groups is 1. The van der Waals surface area contributed by atoms with Crippen LogP contribution in [0.15, 0.2) is 0 Å². The molecule has 1 amide bonds. The summed E-state index contributed by atoms with van der Waals surface area (Å²) in [4.78, 5) is 12.9. The van der Waals surface area contributed by atoms with Gasteiger partial charge in [0.1, 0.15) is 0 Å². The minimum atomic E-state index is 0.211. The Bertz CT molecular complexity index is 174. The Morgan fingerprint density at radius 2 is 2.09 bits per heavy atom. The van der Waals surface area contributed by atoms with E-state index < -0.39 is 0 Å². The van der Waals surface area contributed by atoms with Gasteiger partial charge in [-0.1, -0.05) is 20.8 Å². The Morgan fingerprint density at radius 1 is 1.55 bits per heavy atom. The molecule has 0 aromatic rings. The van der Waals surface area contributed by atoms with Crippen molar-refractivity contribution >= 4 is 5.91 Å². The van der Waals surface area contributed by atoms with Crippen molar-refractivity contribution in [3.8, 4) is 0 Å². The molecule has 1 heterocycles. The molecule has 1 aliphatic heterocycles. The van der Waals surface area contributed by atoms with E-state index in [0.717, 1.165) is 13.1 Å². The molecule has 0 aromatic carbocycles. The van der Waals surface area contributed by atoms with E-state index in [9.17, 15) is 4.79 Å². The predicted octanol–water partition coefficient (Wildman–Crippen LogP) is 1.51. The van der Waals surface area contributed by atoms with Crippen LogP contribution < -0.4 is 0 Å². The van der Waals surface area contributed by atoms with Crippen LogP contribution in [0.3, 0.4) is 0 Å². The van der Waals surface area contributed by atoms with Crippen LogP contribution in [0.25, 0.3) is 0 Å². The van der Waals surface area contributed by atoms with Gasteiger partial charge in [0.25, 0.3) is 0 Å². The van der Waals surface area contributed by atoms with Crippen molar-refractivity contribution in [1.29, 1.82) is 0 Å². The molecule has 64 valence electrons. The van der Waals surface area contributed by atoms with Crippen molar-refractivity contribution < 1.29 is 4.79 Å². The van der Waals surface area contributed by atoms with E-state index in [1.807, 2.05) is 4.90 Å². The summed E-state index contributed by atoms with van der Waals surface area (Å²) < 4.78 is 0. The highest BCUT2D eigenvalue weighted by Crippen LogP contribution is 2.34. The number of amides is 1. The van der Waals surface area contributed by atoms with E-state index in [0.29, 0.717) is 11.3 Å². The molecule has 2 heteroatoms. The largest absolute Gasteiger partial charge is 0.342 e. The SMILES string of the molecule is CC(=O)N1C[C@@H](C)C(C)(C)C1. The lowest BCUT2D eigenvalue weighted by Gasteiger charge is -2.21. The van der Waals surface area contributed by atoms with E-state index in [2.05, 4.69) is 20.8 Å². The molecule has 0 aliphatic carbocycles. The summed E-state index contributed by atoms with van der Waals surface area (Å²) in [7, 11) is 0. The highest BCUT2D eigenvalue weighted by Gasteiger charge is 2.37. The van der Waals surface area contributed by atoms with Crippen LogP contribution in [0.1, 0.15) is 27.7 Å². The minimum absolute atomic E-state index is 0.211. The Morgan fingerprint density at radius 3 is 2.27 bits per heavy atom. The van der Waals surface area contributed by atoms with E-state index >= 15 is 0 Å². The molecule has 2 nitrogen and oxygen atoms in total. The van der Waals surface area contributed by atoms with Crippen LogP contribution in [0.2, 0.25) is 0 Å². The first-order valence-corrected chi connectivity index (χ1v) is 4.19. The van der Waals surface area contributed by atoms with Crippen LogP contribution in [-0.2, 0) is 4.79 Å². The number of nitrogens with zero attached hydrogens (tertiary/aromatic N) is 1. The lowest BCUT2D eigenvalue weighted by atomic mass is 9.84. The zero-order valence-electron chi connectivity index (χ0n) is 7.85. The van der Waals surface area contributed by atoms with Gasteiger partial charge in [0, 0.05) is 20.0 Å². The lowest BCUT2D eigenvalue weighted by Crippen LogP contribution is -2.27. The van der Waals surface area contributed by atoms with Gasteiger partial charge in [-0.05, 0) is 11.3 Å². The fraction of sp³-hybridized carbons (Fsp3) is 0.889. The first-order chi connectivity index (χ1) is 4.93. The molecule has 1 atom stereocenters. The average Bonchev–Trinajstić information content (AvgIpc) is 2.08. The topological polar surface area (TPSA) is 20.3 Å². The quantitative estimate of drug-likeness (QED) is 0.519. The molecule has 1 fully saturated rings. The maximum absolute atomic E-state index is 11.0. The molecule has 1 saturated heterocycles. The van der Waals surface area contributed by atoms with Gasteiger partial charge in [-0.2, -0.15) is 0 Å². The highest BCUT2D eigenvalue weighted by atomic mass is 16.2. The molecule has 0 radical (unpaired) electrons. The van der Waals surface area contributed by atoms with Gasteiger partial charge in [0.15, 0.2) is 0 Å². The third-order valence-corrected chi connectivity index (χ3v) is 2.87. The van der Waals surface area contributed by atoms with Crippen molar-refractivity contribution in [1.82, 2.24) is 4.90 Å². The summed E-state index contributed by atoms with van der Waals surface area (Å²) in [5, 5.41) is 0. The molecule has 0 unspecified atom stereocenters. The Hall–Kier alpha value is -0.530. The summed E-state index contributed by atoms with van der Waals surface area (Å²) in [5.74, 6) is 0.842. The van der Waals surface area contributed by atoms with Gasteiger partial charge < -0.3 is 4.90 Å². The van der Waals surface area contributed by atoms with Crippen LogP contribution >= 0.6 is 0 Å². The second kappa shape index (κ2) is 2.50. The number of likely N-dealkylation sites (tertiary alicyclic amines) is 1. The average molecular weight is 155 g/mol. The van der Waals surface area contributed by atoms with Crippen molar-refractivity contribution in [2.75, 3.05) is 13.1 Å². The normalized spacial score (nSPS) is 29.1. The second-order valence-electron chi connectivity index (χ2n) is 4.29. The third-order valence-electron chi connectivity index (χ3n) is 2.87. The monoisotopic (exact) mass is 155 g/mol. The van der Waals surface area contributed by atoms with Crippen molar-refractivity contribution in [3.63, 3.8) is 0 Å². The number of hydrogen-bond donors (Lipinski definition) is 0. The van der Waals surface area contributed by atoms with Crippen molar-refractivity contribution in [2.45, 2.75) is 27.7 Å². The number of carbonyl (C=O) groups excluding carboxylic acids is 1. The summed E-state index contributed by atoms with van der Waals surface area (Å²) >= 11 is 0. The smallest absolute Gasteiger partial charge is 0.219 e. The van der Waals surface area contributed by atoms with E-state index in [4.69, 9.17) is 0 Å². The zero-order chi connectivity index (χ0) is 8.65. The van der Waals surface area contributed by atoms with Gasteiger partial charge >= 0.3 is 0 Å². The standard InChI is InChI=1S/C9H17NO/c1-7-5-10(8(2)11)6-9(7,3)4/h7H,5-6H2,1-4H3/t7-/m1/s1. The first kappa shape index (κ1) is 8.57. The van der Waals surface area contributed by atoms with Crippen molar-refractivity contribution in [3.05, 3.63) is 0 Å². The summed E-state index contributed by atoms with van der Waals surface area (Å²) in [5.41, 5.74) is 0.311. The minimum Gasteiger partial charge on any atom is -0.342 e. The molecule has 0 aromatic heterocycles. The van der Waals surface area contributed by atoms with Crippen molar-refractivity contribution in [2.24, 2.45) is 11.3 Å². The number of hydrogen-bond acceptors (Lipinski definition) is 1. The third kappa shape index (κ3) is 1.55. The van der Waals surface area contributed by atoms with Crippen LogP contribution in [0.4, 0.5) is 0 Å². The van der Waals surface area contributed by atoms with Gasteiger partial charge in [-0.15, -0.1) is 0 Å². The molecule has 1 rings (SSSR count). The number of rotatable bonds is 0. The lowest BCUT2D eigenvalue weighted by molar-refractivity contribution is -0.128. The Labute approximate surface area is 68.6 Å². The molecule has 0 spiro atoms. The van der Waals surface area contributed by atoms with Crippen LogP contribution in [-0.4, -0.2) is 23.9 Å². The fourth-order valence-electron chi connectivity index (χ4n) is 1.53. The first-order valence-electron chi connectivity index (χ1n) is 4.19. The Kier molecular flexibility index (Phi) is 1.95. The fourth-order valence-corrected chi connectivity index (χ4v) is 1.53. The van der Waals surface area contributed by atoms with Gasteiger partial charge in [-0.25, -0.2) is 0 Å². The van der Waals surface area contributed by atoms with E-state index in [1.54, 1.807) is 6.92 Å². The molecular formula is C9H17NO.